The SMILES string of the molecule is N=S(=O)(c1ccc(N2CCCC3(CCS(=O)(=O)C3)C2)cc1)C(F)(F)F. The van der Waals surface area contributed by atoms with Gasteiger partial charge in [-0.3, -0.25) is 0 Å². The third-order valence-electron chi connectivity index (χ3n) is 4.99. The maximum Gasteiger partial charge on any atom is 0.483 e. The molecule has 0 saturated carbocycles. The van der Waals surface area contributed by atoms with Gasteiger partial charge in [0.15, 0.2) is 19.6 Å². The molecule has 25 heavy (non-hydrogen) atoms. The van der Waals surface area contributed by atoms with Crippen molar-refractivity contribution < 1.29 is 25.8 Å². The second-order valence-corrected chi connectivity index (χ2v) is 11.1. The van der Waals surface area contributed by atoms with Gasteiger partial charge in [0.25, 0.3) is 0 Å². The van der Waals surface area contributed by atoms with Gasteiger partial charge in [0, 0.05) is 24.2 Å². The van der Waals surface area contributed by atoms with E-state index in [2.05, 4.69) is 0 Å². The number of hydrogen-bond acceptors (Lipinski definition) is 5. The van der Waals surface area contributed by atoms with Crippen LogP contribution in [-0.2, 0) is 19.6 Å². The Balaban J connectivity index is 1.81. The summed E-state index contributed by atoms with van der Waals surface area (Å²) in [4.78, 5) is 1.40. The highest BCUT2D eigenvalue weighted by molar-refractivity contribution is 7.93. The monoisotopic (exact) mass is 396 g/mol. The van der Waals surface area contributed by atoms with Crippen LogP contribution in [0.5, 0.6) is 0 Å². The van der Waals surface area contributed by atoms with Gasteiger partial charge in [0.2, 0.25) is 0 Å². The molecule has 0 radical (unpaired) electrons. The van der Waals surface area contributed by atoms with E-state index in [9.17, 15) is 25.8 Å². The molecule has 1 spiro atoms. The summed E-state index contributed by atoms with van der Waals surface area (Å²) in [5, 5.41) is 0. The lowest BCUT2D eigenvalue weighted by Gasteiger charge is -2.41. The fraction of sp³-hybridized carbons (Fsp3) is 0.600. The van der Waals surface area contributed by atoms with Crippen LogP contribution >= 0.6 is 0 Å². The molecule has 0 aromatic heterocycles. The number of nitrogens with one attached hydrogen (secondary N) is 1. The zero-order valence-corrected chi connectivity index (χ0v) is 15.0. The Bertz CT molecular complexity index is 864. The van der Waals surface area contributed by atoms with E-state index in [-0.39, 0.29) is 16.9 Å². The van der Waals surface area contributed by atoms with Gasteiger partial charge < -0.3 is 4.90 Å². The zero-order valence-electron chi connectivity index (χ0n) is 13.4. The summed E-state index contributed by atoms with van der Waals surface area (Å²) in [5.41, 5.74) is -4.74. The second-order valence-electron chi connectivity index (χ2n) is 6.86. The molecular weight excluding hydrogens is 377 g/mol. The highest BCUT2D eigenvalue weighted by atomic mass is 32.2. The number of piperidine rings is 1. The van der Waals surface area contributed by atoms with Crippen LogP contribution in [0, 0.1) is 10.2 Å². The molecule has 2 aliphatic rings. The molecule has 3 rings (SSSR count). The third kappa shape index (κ3) is 3.51. The van der Waals surface area contributed by atoms with Gasteiger partial charge in [-0.25, -0.2) is 17.4 Å². The minimum absolute atomic E-state index is 0.156. The number of sulfone groups is 1. The topological polar surface area (TPSA) is 78.3 Å². The number of alkyl halides is 3. The molecule has 140 valence electrons. The Morgan fingerprint density at radius 1 is 1.16 bits per heavy atom. The van der Waals surface area contributed by atoms with E-state index in [1.54, 1.807) is 0 Å². The van der Waals surface area contributed by atoms with Crippen molar-refractivity contribution in [2.75, 3.05) is 29.5 Å². The van der Waals surface area contributed by atoms with Crippen molar-refractivity contribution in [3.63, 3.8) is 0 Å². The lowest BCUT2D eigenvalue weighted by Crippen LogP contribution is -2.44. The average molecular weight is 396 g/mol. The molecule has 2 saturated heterocycles. The number of rotatable bonds is 2. The molecular formula is C15H19F3N2O3S2. The van der Waals surface area contributed by atoms with Crippen LogP contribution in [0.4, 0.5) is 18.9 Å². The first-order valence-electron chi connectivity index (χ1n) is 7.85. The summed E-state index contributed by atoms with van der Waals surface area (Å²) < 4.78 is 80.6. The van der Waals surface area contributed by atoms with E-state index in [0.717, 1.165) is 25.0 Å². The van der Waals surface area contributed by atoms with E-state index >= 15 is 0 Å². The largest absolute Gasteiger partial charge is 0.483 e. The van der Waals surface area contributed by atoms with Crippen molar-refractivity contribution in [1.29, 1.82) is 4.78 Å². The number of nitrogens with zero attached hydrogens (tertiary/aromatic N) is 1. The standard InChI is InChI=1S/C15H19F3N2O3S2/c16-15(17,18)25(19,23)13-4-2-12(3-5-13)20-8-1-6-14(10-20)7-9-24(21,22)11-14/h2-5,19H,1,6-11H2. The molecule has 1 N–H and O–H groups in total. The molecule has 0 amide bonds. The van der Waals surface area contributed by atoms with Gasteiger partial charge in [-0.2, -0.15) is 13.2 Å². The Kier molecular flexibility index (Phi) is 4.34. The summed E-state index contributed by atoms with van der Waals surface area (Å²) in [5.74, 6) is 0.343. The molecule has 2 heterocycles. The molecule has 0 bridgehead atoms. The summed E-state index contributed by atoms with van der Waals surface area (Å²) in [7, 11) is -7.88. The minimum atomic E-state index is -5.11. The Labute approximate surface area is 145 Å². The predicted molar refractivity (Wildman–Crippen MR) is 88.8 cm³/mol. The third-order valence-corrected chi connectivity index (χ3v) is 8.46. The van der Waals surface area contributed by atoms with Gasteiger partial charge in [-0.15, -0.1) is 0 Å². The van der Waals surface area contributed by atoms with Gasteiger partial charge in [0.1, 0.15) is 0 Å². The number of hydrogen-bond donors (Lipinski definition) is 1. The van der Waals surface area contributed by atoms with Crippen LogP contribution in [-0.4, -0.2) is 42.7 Å². The molecule has 2 unspecified atom stereocenters. The molecule has 2 aliphatic heterocycles. The Morgan fingerprint density at radius 2 is 1.80 bits per heavy atom. The van der Waals surface area contributed by atoms with Crippen molar-refractivity contribution >= 4 is 25.3 Å². The summed E-state index contributed by atoms with van der Waals surface area (Å²) >= 11 is 0. The fourth-order valence-corrected chi connectivity index (χ4v) is 6.70. The molecule has 10 heteroatoms. The first-order valence-corrected chi connectivity index (χ1v) is 11.2. The van der Waals surface area contributed by atoms with E-state index in [0.29, 0.717) is 25.2 Å². The molecule has 1 aromatic carbocycles. The maximum atomic E-state index is 12.7. The lowest BCUT2D eigenvalue weighted by molar-refractivity contribution is -0.0406. The highest BCUT2D eigenvalue weighted by Crippen LogP contribution is 2.41. The van der Waals surface area contributed by atoms with Crippen molar-refractivity contribution in [1.82, 2.24) is 0 Å². The van der Waals surface area contributed by atoms with Crippen LogP contribution < -0.4 is 4.90 Å². The summed E-state index contributed by atoms with van der Waals surface area (Å²) in [6.45, 7) is 1.23. The van der Waals surface area contributed by atoms with Crippen LogP contribution in [0.3, 0.4) is 0 Å². The van der Waals surface area contributed by atoms with E-state index in [1.807, 2.05) is 4.90 Å². The molecule has 0 aliphatic carbocycles. The Morgan fingerprint density at radius 3 is 2.32 bits per heavy atom. The number of anilines is 1. The molecule has 2 fully saturated rings. The normalized spacial score (nSPS) is 28.8. The van der Waals surface area contributed by atoms with Gasteiger partial charge in [-0.05, 0) is 43.5 Å². The summed E-state index contributed by atoms with van der Waals surface area (Å²) in [6.07, 6.45) is 2.25. The molecule has 1 aromatic rings. The Hall–Kier alpha value is -1.29. The van der Waals surface area contributed by atoms with Crippen LogP contribution in [0.2, 0.25) is 0 Å². The maximum absolute atomic E-state index is 12.7. The molecule has 2 atom stereocenters. The smallest absolute Gasteiger partial charge is 0.371 e. The van der Waals surface area contributed by atoms with E-state index in [4.69, 9.17) is 4.78 Å². The summed E-state index contributed by atoms with van der Waals surface area (Å²) in [6, 6.07) is 5.01. The van der Waals surface area contributed by atoms with Crippen molar-refractivity contribution in [3.8, 4) is 0 Å². The van der Waals surface area contributed by atoms with Gasteiger partial charge >= 0.3 is 5.51 Å². The van der Waals surface area contributed by atoms with E-state index in [1.165, 1.54) is 12.1 Å². The zero-order chi connectivity index (χ0) is 18.5. The van der Waals surface area contributed by atoms with Crippen molar-refractivity contribution in [2.45, 2.75) is 29.7 Å². The average Bonchev–Trinajstić information content (AvgIpc) is 2.81. The lowest BCUT2D eigenvalue weighted by atomic mass is 9.79. The predicted octanol–water partition coefficient (Wildman–Crippen LogP) is 3.02. The van der Waals surface area contributed by atoms with Gasteiger partial charge in [-0.1, -0.05) is 0 Å². The van der Waals surface area contributed by atoms with Crippen LogP contribution in [0.1, 0.15) is 19.3 Å². The second kappa shape index (κ2) is 5.87. The molecule has 5 nitrogen and oxygen atoms in total. The fourth-order valence-electron chi connectivity index (χ4n) is 3.72. The van der Waals surface area contributed by atoms with Gasteiger partial charge in [0.05, 0.1) is 16.4 Å². The first-order chi connectivity index (χ1) is 11.4. The van der Waals surface area contributed by atoms with E-state index < -0.39 is 30.0 Å². The quantitative estimate of drug-likeness (QED) is 0.834. The number of halogens is 3. The van der Waals surface area contributed by atoms with Crippen molar-refractivity contribution in [2.24, 2.45) is 5.41 Å². The minimum Gasteiger partial charge on any atom is -0.371 e. The first kappa shape index (κ1) is 18.5. The van der Waals surface area contributed by atoms with Crippen molar-refractivity contribution in [3.05, 3.63) is 24.3 Å². The highest BCUT2D eigenvalue weighted by Gasteiger charge is 2.45. The van der Waals surface area contributed by atoms with Crippen LogP contribution in [0.25, 0.3) is 0 Å². The number of benzene rings is 1. The van der Waals surface area contributed by atoms with Crippen LogP contribution in [0.15, 0.2) is 29.2 Å².